The third-order valence-corrected chi connectivity index (χ3v) is 3.72. The fraction of sp³-hybridized carbons (Fsp3) is 0.294. The standard InChI is InChI=1S/C17H19ClFN.ClH/c1-2-7-17(13-8-4-3-5-9-13)20-12-14-15(18)10-6-11-16(14)19;/h3-6,8-11,17,20H,2,7,12H2,1H3;1H. The smallest absolute Gasteiger partial charge is 0.129 e. The Labute approximate surface area is 136 Å². The van der Waals surface area contributed by atoms with Crippen LogP contribution in [0, 0.1) is 5.82 Å². The summed E-state index contributed by atoms with van der Waals surface area (Å²) in [7, 11) is 0. The molecule has 1 nitrogen and oxygen atoms in total. The van der Waals surface area contributed by atoms with Crippen LogP contribution in [0.5, 0.6) is 0 Å². The average Bonchev–Trinajstić information content (AvgIpc) is 2.46. The number of benzene rings is 2. The normalized spacial score (nSPS) is 11.8. The second kappa shape index (κ2) is 9.04. The van der Waals surface area contributed by atoms with Crippen LogP contribution in [0.4, 0.5) is 4.39 Å². The van der Waals surface area contributed by atoms with Crippen LogP contribution >= 0.6 is 24.0 Å². The topological polar surface area (TPSA) is 12.0 Å². The molecular formula is C17H20Cl2FN. The van der Waals surface area contributed by atoms with Gasteiger partial charge < -0.3 is 5.32 Å². The average molecular weight is 328 g/mol. The molecular weight excluding hydrogens is 308 g/mol. The Morgan fingerprint density at radius 1 is 1.10 bits per heavy atom. The van der Waals surface area contributed by atoms with Crippen LogP contribution in [0.3, 0.4) is 0 Å². The minimum Gasteiger partial charge on any atom is -0.306 e. The SMILES string of the molecule is CCCC(NCc1c(F)cccc1Cl)c1ccccc1.Cl. The molecule has 0 aromatic heterocycles. The van der Waals surface area contributed by atoms with Gasteiger partial charge in [0.25, 0.3) is 0 Å². The van der Waals surface area contributed by atoms with Crippen LogP contribution in [0.15, 0.2) is 48.5 Å². The van der Waals surface area contributed by atoms with Crippen LogP contribution in [0.1, 0.15) is 36.9 Å². The molecule has 0 amide bonds. The van der Waals surface area contributed by atoms with E-state index in [1.807, 2.05) is 18.2 Å². The third-order valence-electron chi connectivity index (χ3n) is 3.37. The highest BCUT2D eigenvalue weighted by Crippen LogP contribution is 2.22. The Morgan fingerprint density at radius 2 is 1.81 bits per heavy atom. The molecule has 0 aliphatic rings. The molecule has 0 aliphatic heterocycles. The summed E-state index contributed by atoms with van der Waals surface area (Å²) in [5, 5.41) is 3.88. The molecule has 0 bridgehead atoms. The molecule has 2 aromatic carbocycles. The summed E-state index contributed by atoms with van der Waals surface area (Å²) in [5.74, 6) is -0.256. The molecule has 0 saturated heterocycles. The number of hydrogen-bond donors (Lipinski definition) is 1. The molecule has 1 unspecified atom stereocenters. The molecule has 0 aliphatic carbocycles. The zero-order valence-electron chi connectivity index (χ0n) is 12.0. The predicted octanol–water partition coefficient (Wildman–Crippen LogP) is 5.53. The Balaban J connectivity index is 0.00000220. The van der Waals surface area contributed by atoms with Crippen LogP contribution < -0.4 is 5.32 Å². The maximum absolute atomic E-state index is 13.8. The van der Waals surface area contributed by atoms with Crippen LogP contribution in [-0.4, -0.2) is 0 Å². The highest BCUT2D eigenvalue weighted by atomic mass is 35.5. The molecule has 2 rings (SSSR count). The zero-order chi connectivity index (χ0) is 14.4. The first-order valence-corrected chi connectivity index (χ1v) is 7.31. The molecule has 1 N–H and O–H groups in total. The quantitative estimate of drug-likeness (QED) is 0.735. The van der Waals surface area contributed by atoms with Gasteiger partial charge in [-0.1, -0.05) is 61.3 Å². The Hall–Kier alpha value is -1.09. The van der Waals surface area contributed by atoms with E-state index in [9.17, 15) is 4.39 Å². The van der Waals surface area contributed by atoms with Crippen molar-refractivity contribution in [2.75, 3.05) is 0 Å². The third kappa shape index (κ3) is 4.99. The maximum atomic E-state index is 13.8. The first-order valence-electron chi connectivity index (χ1n) is 6.93. The van der Waals surface area contributed by atoms with Crippen molar-refractivity contribution in [1.29, 1.82) is 0 Å². The van der Waals surface area contributed by atoms with Crippen molar-refractivity contribution >= 4 is 24.0 Å². The van der Waals surface area contributed by atoms with Gasteiger partial charge in [-0.05, 0) is 24.1 Å². The lowest BCUT2D eigenvalue weighted by Crippen LogP contribution is -2.21. The summed E-state index contributed by atoms with van der Waals surface area (Å²) in [6.45, 7) is 2.58. The van der Waals surface area contributed by atoms with E-state index in [1.54, 1.807) is 12.1 Å². The second-order valence-corrected chi connectivity index (χ2v) is 5.24. The van der Waals surface area contributed by atoms with E-state index < -0.39 is 0 Å². The molecule has 21 heavy (non-hydrogen) atoms. The molecule has 4 heteroatoms. The summed E-state index contributed by atoms with van der Waals surface area (Å²) >= 11 is 6.06. The van der Waals surface area contributed by atoms with Crippen molar-refractivity contribution in [2.45, 2.75) is 32.4 Å². The minimum atomic E-state index is -0.256. The summed E-state index contributed by atoms with van der Waals surface area (Å²) in [4.78, 5) is 0. The lowest BCUT2D eigenvalue weighted by molar-refractivity contribution is 0.483. The number of halogens is 3. The molecule has 1 atom stereocenters. The van der Waals surface area contributed by atoms with Crippen molar-refractivity contribution in [3.05, 3.63) is 70.5 Å². The number of hydrogen-bond acceptors (Lipinski definition) is 1. The first-order chi connectivity index (χ1) is 9.72. The zero-order valence-corrected chi connectivity index (χ0v) is 13.6. The fourth-order valence-corrected chi connectivity index (χ4v) is 2.52. The Morgan fingerprint density at radius 3 is 2.43 bits per heavy atom. The molecule has 0 fully saturated rings. The maximum Gasteiger partial charge on any atom is 0.129 e. The van der Waals surface area contributed by atoms with Gasteiger partial charge in [0, 0.05) is 23.2 Å². The van der Waals surface area contributed by atoms with E-state index in [2.05, 4.69) is 24.4 Å². The molecule has 0 spiro atoms. The minimum absolute atomic E-state index is 0. The monoisotopic (exact) mass is 327 g/mol. The van der Waals surface area contributed by atoms with Crippen molar-refractivity contribution < 1.29 is 4.39 Å². The first kappa shape index (κ1) is 18.0. The fourth-order valence-electron chi connectivity index (χ4n) is 2.29. The Bertz CT molecular complexity index is 525. The highest BCUT2D eigenvalue weighted by Gasteiger charge is 2.12. The van der Waals surface area contributed by atoms with Gasteiger partial charge in [0.15, 0.2) is 0 Å². The van der Waals surface area contributed by atoms with Crippen molar-refractivity contribution in [2.24, 2.45) is 0 Å². The van der Waals surface area contributed by atoms with E-state index in [1.165, 1.54) is 11.6 Å². The summed E-state index contributed by atoms with van der Waals surface area (Å²) in [5.41, 5.74) is 1.76. The Kier molecular flexibility index (Phi) is 7.73. The van der Waals surface area contributed by atoms with Gasteiger partial charge in [0.05, 0.1) is 0 Å². The number of rotatable bonds is 6. The van der Waals surface area contributed by atoms with Gasteiger partial charge in [-0.25, -0.2) is 4.39 Å². The van der Waals surface area contributed by atoms with Gasteiger partial charge in [0.2, 0.25) is 0 Å². The van der Waals surface area contributed by atoms with Crippen LogP contribution in [-0.2, 0) is 6.54 Å². The molecule has 2 aromatic rings. The summed E-state index contributed by atoms with van der Waals surface area (Å²) < 4.78 is 13.8. The lowest BCUT2D eigenvalue weighted by atomic mass is 10.0. The van der Waals surface area contributed by atoms with E-state index in [4.69, 9.17) is 11.6 Å². The number of nitrogens with one attached hydrogen (secondary N) is 1. The molecule has 114 valence electrons. The second-order valence-electron chi connectivity index (χ2n) is 4.83. The largest absolute Gasteiger partial charge is 0.306 e. The molecule has 0 heterocycles. The predicted molar refractivity (Wildman–Crippen MR) is 89.6 cm³/mol. The van der Waals surface area contributed by atoms with E-state index >= 15 is 0 Å². The van der Waals surface area contributed by atoms with Crippen molar-refractivity contribution in [3.8, 4) is 0 Å². The van der Waals surface area contributed by atoms with Gasteiger partial charge in [-0.2, -0.15) is 0 Å². The van der Waals surface area contributed by atoms with Gasteiger partial charge in [-0.15, -0.1) is 12.4 Å². The van der Waals surface area contributed by atoms with Crippen molar-refractivity contribution in [3.63, 3.8) is 0 Å². The van der Waals surface area contributed by atoms with Crippen LogP contribution in [0.25, 0.3) is 0 Å². The van der Waals surface area contributed by atoms with Crippen LogP contribution in [0.2, 0.25) is 5.02 Å². The van der Waals surface area contributed by atoms with Crippen molar-refractivity contribution in [1.82, 2.24) is 5.32 Å². The lowest BCUT2D eigenvalue weighted by Gasteiger charge is -2.19. The highest BCUT2D eigenvalue weighted by molar-refractivity contribution is 6.31. The molecule has 0 radical (unpaired) electrons. The van der Waals surface area contributed by atoms with Gasteiger partial charge in [0.1, 0.15) is 5.82 Å². The summed E-state index contributed by atoms with van der Waals surface area (Å²) in [6.07, 6.45) is 2.08. The molecule has 0 saturated carbocycles. The van der Waals surface area contributed by atoms with E-state index in [-0.39, 0.29) is 24.3 Å². The summed E-state index contributed by atoms with van der Waals surface area (Å²) in [6, 6.07) is 15.2. The van der Waals surface area contributed by atoms with Gasteiger partial charge >= 0.3 is 0 Å². The van der Waals surface area contributed by atoms with E-state index in [0.717, 1.165) is 12.8 Å². The van der Waals surface area contributed by atoms with E-state index in [0.29, 0.717) is 17.1 Å². The van der Waals surface area contributed by atoms with Gasteiger partial charge in [-0.3, -0.25) is 0 Å².